The zero-order valence-corrected chi connectivity index (χ0v) is 13.5. The van der Waals surface area contributed by atoms with E-state index in [1.165, 1.54) is 27.7 Å². The number of amides is 1. The van der Waals surface area contributed by atoms with E-state index in [4.69, 9.17) is 15.7 Å². The van der Waals surface area contributed by atoms with Crippen LogP contribution in [0.15, 0.2) is 11.5 Å². The smallest absolute Gasteiger partial charge is 0.410 e. The van der Waals surface area contributed by atoms with Crippen LogP contribution in [0.2, 0.25) is 0 Å². The van der Waals surface area contributed by atoms with Crippen molar-refractivity contribution in [1.82, 2.24) is 19.8 Å². The summed E-state index contributed by atoms with van der Waals surface area (Å²) in [4.78, 5) is 24.5. The maximum absolute atomic E-state index is 12.0. The summed E-state index contributed by atoms with van der Waals surface area (Å²) in [5, 5.41) is 17.0. The molecule has 3 N–H and O–H groups in total. The Labute approximate surface area is 131 Å². The van der Waals surface area contributed by atoms with E-state index < -0.39 is 22.4 Å². The lowest BCUT2D eigenvalue weighted by molar-refractivity contribution is -0.138. The Kier molecular flexibility index (Phi) is 4.23. The van der Waals surface area contributed by atoms with Gasteiger partial charge in [0.05, 0.1) is 11.2 Å². The lowest BCUT2D eigenvalue weighted by atomic mass is 9.95. The molecule has 0 spiro atoms. The molecule has 0 atom stereocenters. The summed E-state index contributed by atoms with van der Waals surface area (Å²) >= 11 is 1.21. The zero-order valence-electron chi connectivity index (χ0n) is 12.6. The Morgan fingerprint density at radius 1 is 1.50 bits per heavy atom. The maximum Gasteiger partial charge on any atom is 0.410 e. The predicted molar refractivity (Wildman–Crippen MR) is 78.8 cm³/mol. The highest BCUT2D eigenvalue weighted by molar-refractivity contribution is 8.00. The van der Waals surface area contributed by atoms with Gasteiger partial charge in [-0.1, -0.05) is 11.8 Å². The molecular formula is C12H19N5O4S. The minimum Gasteiger partial charge on any atom is -0.481 e. The van der Waals surface area contributed by atoms with Crippen LogP contribution < -0.4 is 5.84 Å². The third kappa shape index (κ3) is 3.81. The third-order valence-corrected chi connectivity index (χ3v) is 4.24. The second-order valence-corrected chi connectivity index (χ2v) is 7.65. The fourth-order valence-corrected chi connectivity index (χ4v) is 3.36. The minimum atomic E-state index is -0.945. The van der Waals surface area contributed by atoms with Crippen LogP contribution in [-0.4, -0.2) is 60.4 Å². The number of aliphatic carboxylic acids is 1. The summed E-state index contributed by atoms with van der Waals surface area (Å²) < 4.78 is 5.82. The van der Waals surface area contributed by atoms with Crippen LogP contribution in [0, 0.1) is 0 Å². The number of nitrogens with two attached hydrogens (primary N) is 1. The van der Waals surface area contributed by atoms with Gasteiger partial charge in [0.1, 0.15) is 11.9 Å². The monoisotopic (exact) mass is 329 g/mol. The van der Waals surface area contributed by atoms with Gasteiger partial charge in [0.2, 0.25) is 5.16 Å². The van der Waals surface area contributed by atoms with Gasteiger partial charge in [-0.05, 0) is 20.8 Å². The van der Waals surface area contributed by atoms with E-state index >= 15 is 0 Å². The van der Waals surface area contributed by atoms with Gasteiger partial charge < -0.3 is 20.6 Å². The number of nitrogens with zero attached hydrogens (tertiary/aromatic N) is 4. The summed E-state index contributed by atoms with van der Waals surface area (Å²) in [5.74, 6) is 4.71. The normalized spacial score (nSPS) is 17.0. The molecule has 1 aromatic heterocycles. The Morgan fingerprint density at radius 2 is 2.14 bits per heavy atom. The number of carboxylic acid groups (broad SMARTS) is 1. The first-order valence-corrected chi connectivity index (χ1v) is 7.46. The largest absolute Gasteiger partial charge is 0.481 e. The second kappa shape index (κ2) is 5.67. The SMILES string of the molecule is CC(C)(C)OC(=O)N1CC(CC(=O)O)(Sc2nncn2N)C1. The lowest BCUT2D eigenvalue weighted by Gasteiger charge is -2.48. The van der Waals surface area contributed by atoms with Gasteiger partial charge in [0.25, 0.3) is 0 Å². The number of carbonyl (C=O) groups is 2. The highest BCUT2D eigenvalue weighted by Gasteiger charge is 2.49. The molecule has 1 aromatic rings. The molecule has 0 radical (unpaired) electrons. The molecule has 0 aliphatic carbocycles. The van der Waals surface area contributed by atoms with Crippen molar-refractivity contribution < 1.29 is 19.4 Å². The van der Waals surface area contributed by atoms with Gasteiger partial charge in [-0.2, -0.15) is 0 Å². The van der Waals surface area contributed by atoms with Crippen molar-refractivity contribution in [3.8, 4) is 0 Å². The molecule has 10 heteroatoms. The van der Waals surface area contributed by atoms with Crippen molar-refractivity contribution in [2.45, 2.75) is 42.7 Å². The van der Waals surface area contributed by atoms with Crippen LogP contribution in [0.3, 0.4) is 0 Å². The quantitative estimate of drug-likeness (QED) is 0.767. The number of likely N-dealkylation sites (tertiary alicyclic amines) is 1. The Balaban J connectivity index is 2.04. The fraction of sp³-hybridized carbons (Fsp3) is 0.667. The third-order valence-electron chi connectivity index (χ3n) is 2.93. The summed E-state index contributed by atoms with van der Waals surface area (Å²) in [6, 6.07) is 0. The molecule has 122 valence electrons. The molecule has 1 saturated heterocycles. The molecule has 0 unspecified atom stereocenters. The van der Waals surface area contributed by atoms with Crippen molar-refractivity contribution >= 4 is 23.8 Å². The lowest BCUT2D eigenvalue weighted by Crippen LogP contribution is -2.63. The van der Waals surface area contributed by atoms with E-state index in [0.29, 0.717) is 5.16 Å². The second-order valence-electron chi connectivity index (χ2n) is 6.21. The van der Waals surface area contributed by atoms with Crippen LogP contribution in [0.25, 0.3) is 0 Å². The van der Waals surface area contributed by atoms with E-state index in [-0.39, 0.29) is 19.5 Å². The highest BCUT2D eigenvalue weighted by atomic mass is 32.2. The van der Waals surface area contributed by atoms with Crippen molar-refractivity contribution in [1.29, 1.82) is 0 Å². The van der Waals surface area contributed by atoms with Gasteiger partial charge in [-0.15, -0.1) is 10.2 Å². The molecule has 1 fully saturated rings. The number of rotatable bonds is 4. The first-order valence-electron chi connectivity index (χ1n) is 6.64. The molecule has 2 rings (SSSR count). The van der Waals surface area contributed by atoms with Crippen LogP contribution in [0.5, 0.6) is 0 Å². The number of thioether (sulfide) groups is 1. The summed E-state index contributed by atoms with van der Waals surface area (Å²) in [6.07, 6.45) is 0.772. The number of carboxylic acids is 1. The van der Waals surface area contributed by atoms with Gasteiger partial charge in [-0.3, -0.25) is 4.79 Å². The molecule has 0 bridgehead atoms. The molecule has 1 aliphatic heterocycles. The molecule has 1 amide bonds. The van der Waals surface area contributed by atoms with Crippen molar-refractivity contribution in [2.75, 3.05) is 18.9 Å². The summed E-state index contributed by atoms with van der Waals surface area (Å²) in [7, 11) is 0. The Morgan fingerprint density at radius 3 is 2.59 bits per heavy atom. The average molecular weight is 329 g/mol. The molecule has 0 saturated carbocycles. The van der Waals surface area contributed by atoms with E-state index in [0.717, 1.165) is 0 Å². The predicted octanol–water partition coefficient (Wildman–Crippen LogP) is 0.548. The number of nitrogen functional groups attached to an aromatic ring is 1. The van der Waals surface area contributed by atoms with Crippen LogP contribution in [0.4, 0.5) is 4.79 Å². The molecule has 0 aromatic carbocycles. The first kappa shape index (κ1) is 16.4. The van der Waals surface area contributed by atoms with Gasteiger partial charge in [-0.25, -0.2) is 9.47 Å². The van der Waals surface area contributed by atoms with Crippen LogP contribution in [0.1, 0.15) is 27.2 Å². The van der Waals surface area contributed by atoms with E-state index in [1.807, 2.05) is 0 Å². The number of hydrogen-bond donors (Lipinski definition) is 2. The van der Waals surface area contributed by atoms with E-state index in [9.17, 15) is 9.59 Å². The zero-order chi connectivity index (χ0) is 16.5. The Hall–Kier alpha value is -1.97. The fourth-order valence-electron chi connectivity index (χ4n) is 2.09. The van der Waals surface area contributed by atoms with Crippen molar-refractivity contribution in [3.05, 3.63) is 6.33 Å². The van der Waals surface area contributed by atoms with E-state index in [2.05, 4.69) is 10.2 Å². The number of carbonyl (C=O) groups excluding carboxylic acids is 1. The number of aromatic nitrogens is 3. The number of ether oxygens (including phenoxy) is 1. The van der Waals surface area contributed by atoms with Gasteiger partial charge in [0.15, 0.2) is 0 Å². The Bertz CT molecular complexity index is 576. The maximum atomic E-state index is 12.0. The first-order chi connectivity index (χ1) is 10.1. The molecule has 2 heterocycles. The topological polar surface area (TPSA) is 124 Å². The standard InChI is InChI=1S/C12H19N5O4S/c1-11(2,3)21-10(20)16-5-12(6-16,4-8(18)19)22-9-15-14-7-17(9)13/h7H,4-6,13H2,1-3H3,(H,18,19). The van der Waals surface area contributed by atoms with Crippen LogP contribution >= 0.6 is 11.8 Å². The molecule has 9 nitrogen and oxygen atoms in total. The van der Waals surface area contributed by atoms with Crippen LogP contribution in [-0.2, 0) is 9.53 Å². The van der Waals surface area contributed by atoms with Gasteiger partial charge >= 0.3 is 12.1 Å². The molecule has 22 heavy (non-hydrogen) atoms. The van der Waals surface area contributed by atoms with Gasteiger partial charge in [0, 0.05) is 13.1 Å². The molecular weight excluding hydrogens is 310 g/mol. The van der Waals surface area contributed by atoms with E-state index in [1.54, 1.807) is 20.8 Å². The van der Waals surface area contributed by atoms with Crippen molar-refractivity contribution in [3.63, 3.8) is 0 Å². The average Bonchev–Trinajstić information content (AvgIpc) is 2.67. The van der Waals surface area contributed by atoms with Crippen molar-refractivity contribution in [2.24, 2.45) is 0 Å². The summed E-state index contributed by atoms with van der Waals surface area (Å²) in [5.41, 5.74) is -0.591. The summed E-state index contributed by atoms with van der Waals surface area (Å²) in [6.45, 7) is 5.85. The number of hydrogen-bond acceptors (Lipinski definition) is 7. The minimum absolute atomic E-state index is 0.107. The molecule has 1 aliphatic rings. The highest BCUT2D eigenvalue weighted by Crippen LogP contribution is 2.42.